The van der Waals surface area contributed by atoms with Crippen LogP contribution < -0.4 is 5.32 Å². The summed E-state index contributed by atoms with van der Waals surface area (Å²) < 4.78 is 0.819. The largest absolute Gasteiger partial charge is 0.349 e. The Morgan fingerprint density at radius 2 is 2.38 bits per heavy atom. The van der Waals surface area contributed by atoms with E-state index in [1.807, 2.05) is 6.07 Å². The number of amides is 1. The highest BCUT2D eigenvalue weighted by Gasteiger charge is 2.12. The van der Waals surface area contributed by atoms with Crippen molar-refractivity contribution in [1.82, 2.24) is 5.32 Å². The van der Waals surface area contributed by atoms with Gasteiger partial charge in [-0.2, -0.15) is 5.26 Å². The smallest absolute Gasteiger partial charge is 0.253 e. The van der Waals surface area contributed by atoms with E-state index < -0.39 is 0 Å². The van der Waals surface area contributed by atoms with Crippen LogP contribution in [0.2, 0.25) is 5.02 Å². The lowest BCUT2D eigenvalue weighted by Crippen LogP contribution is -2.32. The first-order chi connectivity index (χ1) is 7.54. The van der Waals surface area contributed by atoms with E-state index in [9.17, 15) is 4.79 Å². The van der Waals surface area contributed by atoms with Crippen molar-refractivity contribution in [1.29, 1.82) is 5.26 Å². The molecule has 16 heavy (non-hydrogen) atoms. The standard InChI is InChI=1S/C11H10BrClN2O/c1-7(4-5-14)15-11(16)9-3-2-8(12)6-10(9)13/h2-3,6-7H,4H2,1H3,(H,15,16). The van der Waals surface area contributed by atoms with Crippen molar-refractivity contribution in [2.75, 3.05) is 0 Å². The van der Waals surface area contributed by atoms with Crippen LogP contribution in [-0.4, -0.2) is 11.9 Å². The normalized spacial score (nSPS) is 11.6. The molecule has 1 unspecified atom stereocenters. The number of carbonyl (C=O) groups excluding carboxylic acids is 1. The second-order valence-corrected chi connectivity index (χ2v) is 4.68. The molecule has 0 aliphatic rings. The fraction of sp³-hybridized carbons (Fsp3) is 0.273. The Morgan fingerprint density at radius 3 is 2.94 bits per heavy atom. The Hall–Kier alpha value is -1.05. The van der Waals surface area contributed by atoms with Gasteiger partial charge >= 0.3 is 0 Å². The van der Waals surface area contributed by atoms with Crippen LogP contribution in [-0.2, 0) is 0 Å². The minimum atomic E-state index is -0.264. The van der Waals surface area contributed by atoms with Crippen LogP contribution in [0.5, 0.6) is 0 Å². The fourth-order valence-corrected chi connectivity index (χ4v) is 1.92. The first-order valence-electron chi connectivity index (χ1n) is 4.67. The van der Waals surface area contributed by atoms with E-state index in [0.717, 1.165) is 4.47 Å². The zero-order valence-corrected chi connectivity index (χ0v) is 11.0. The highest BCUT2D eigenvalue weighted by molar-refractivity contribution is 9.10. The molecule has 0 heterocycles. The Labute approximate surface area is 108 Å². The van der Waals surface area contributed by atoms with Crippen LogP contribution in [0.1, 0.15) is 23.7 Å². The molecule has 0 bridgehead atoms. The molecule has 0 spiro atoms. The molecular formula is C11H10BrClN2O. The second kappa shape index (κ2) is 5.88. The molecule has 1 aromatic rings. The molecule has 3 nitrogen and oxygen atoms in total. The highest BCUT2D eigenvalue weighted by Crippen LogP contribution is 2.21. The molecule has 1 aromatic carbocycles. The number of nitrogens with zero attached hydrogens (tertiary/aromatic N) is 1. The summed E-state index contributed by atoms with van der Waals surface area (Å²) in [5, 5.41) is 11.6. The molecule has 0 aliphatic heterocycles. The quantitative estimate of drug-likeness (QED) is 0.932. The second-order valence-electron chi connectivity index (χ2n) is 3.36. The number of hydrogen-bond donors (Lipinski definition) is 1. The average Bonchev–Trinajstić information content (AvgIpc) is 2.17. The first kappa shape index (κ1) is 13.0. The Bertz CT molecular complexity index is 442. The zero-order valence-electron chi connectivity index (χ0n) is 8.63. The van der Waals surface area contributed by atoms with Gasteiger partial charge in [0.25, 0.3) is 5.91 Å². The van der Waals surface area contributed by atoms with Crippen molar-refractivity contribution in [2.45, 2.75) is 19.4 Å². The van der Waals surface area contributed by atoms with Gasteiger partial charge in [0, 0.05) is 10.5 Å². The molecule has 0 saturated carbocycles. The minimum absolute atomic E-state index is 0.183. The summed E-state index contributed by atoms with van der Waals surface area (Å²) in [5.74, 6) is -0.264. The van der Waals surface area contributed by atoms with Gasteiger partial charge in [-0.15, -0.1) is 0 Å². The number of hydrogen-bond acceptors (Lipinski definition) is 2. The maximum absolute atomic E-state index is 11.7. The van der Waals surface area contributed by atoms with Gasteiger partial charge in [0.15, 0.2) is 0 Å². The van der Waals surface area contributed by atoms with Crippen LogP contribution in [0.15, 0.2) is 22.7 Å². The summed E-state index contributed by atoms with van der Waals surface area (Å²) in [5.41, 5.74) is 0.412. The van der Waals surface area contributed by atoms with Crippen LogP contribution in [0.25, 0.3) is 0 Å². The maximum Gasteiger partial charge on any atom is 0.253 e. The SMILES string of the molecule is CC(CC#N)NC(=O)c1ccc(Br)cc1Cl. The third-order valence-corrected chi connectivity index (χ3v) is 2.76. The molecule has 1 atom stereocenters. The first-order valence-corrected chi connectivity index (χ1v) is 5.84. The van der Waals surface area contributed by atoms with E-state index >= 15 is 0 Å². The predicted octanol–water partition coefficient (Wildman–Crippen LogP) is 3.13. The van der Waals surface area contributed by atoms with E-state index in [4.69, 9.17) is 16.9 Å². The summed E-state index contributed by atoms with van der Waals surface area (Å²) in [4.78, 5) is 11.7. The van der Waals surface area contributed by atoms with Crippen molar-refractivity contribution in [3.8, 4) is 6.07 Å². The zero-order chi connectivity index (χ0) is 12.1. The summed E-state index contributed by atoms with van der Waals surface area (Å²) in [7, 11) is 0. The Balaban J connectivity index is 2.78. The highest BCUT2D eigenvalue weighted by atomic mass is 79.9. The molecule has 0 saturated heterocycles. The van der Waals surface area contributed by atoms with Gasteiger partial charge in [-0.25, -0.2) is 0 Å². The van der Waals surface area contributed by atoms with E-state index in [1.165, 1.54) is 0 Å². The molecule has 1 N–H and O–H groups in total. The third kappa shape index (κ3) is 3.51. The fourth-order valence-electron chi connectivity index (χ4n) is 1.16. The van der Waals surface area contributed by atoms with Gasteiger partial charge < -0.3 is 5.32 Å². The third-order valence-electron chi connectivity index (χ3n) is 1.95. The molecule has 84 valence electrons. The Kier molecular flexibility index (Phi) is 4.78. The summed E-state index contributed by atoms with van der Waals surface area (Å²) in [6.07, 6.45) is 0.278. The van der Waals surface area contributed by atoms with Gasteiger partial charge in [-0.05, 0) is 25.1 Å². The monoisotopic (exact) mass is 300 g/mol. The van der Waals surface area contributed by atoms with Crippen molar-refractivity contribution in [3.63, 3.8) is 0 Å². The molecule has 0 aliphatic carbocycles. The van der Waals surface area contributed by atoms with Crippen molar-refractivity contribution in [2.24, 2.45) is 0 Å². The van der Waals surface area contributed by atoms with Gasteiger partial charge in [0.05, 0.1) is 23.1 Å². The summed E-state index contributed by atoms with van der Waals surface area (Å²) in [6.45, 7) is 1.77. The lowest BCUT2D eigenvalue weighted by molar-refractivity contribution is 0.0941. The number of halogens is 2. The molecule has 5 heteroatoms. The van der Waals surface area contributed by atoms with E-state index in [-0.39, 0.29) is 18.4 Å². The predicted molar refractivity (Wildman–Crippen MR) is 66.3 cm³/mol. The molecule has 1 rings (SSSR count). The Morgan fingerprint density at radius 1 is 1.69 bits per heavy atom. The van der Waals surface area contributed by atoms with Gasteiger partial charge in [0.1, 0.15) is 0 Å². The minimum Gasteiger partial charge on any atom is -0.349 e. The van der Waals surface area contributed by atoms with Crippen LogP contribution >= 0.6 is 27.5 Å². The van der Waals surface area contributed by atoms with Crippen LogP contribution in [0.3, 0.4) is 0 Å². The van der Waals surface area contributed by atoms with Gasteiger partial charge in [-0.3, -0.25) is 4.79 Å². The molecule has 0 radical (unpaired) electrons. The van der Waals surface area contributed by atoms with E-state index in [1.54, 1.807) is 25.1 Å². The molecule has 0 aromatic heterocycles. The van der Waals surface area contributed by atoms with Crippen molar-refractivity contribution >= 4 is 33.4 Å². The number of nitrogens with one attached hydrogen (secondary N) is 1. The summed E-state index contributed by atoms with van der Waals surface area (Å²) >= 11 is 9.19. The molecular weight excluding hydrogens is 291 g/mol. The van der Waals surface area contributed by atoms with Crippen molar-refractivity contribution < 1.29 is 4.79 Å². The van der Waals surface area contributed by atoms with E-state index in [0.29, 0.717) is 10.6 Å². The van der Waals surface area contributed by atoms with E-state index in [2.05, 4.69) is 21.2 Å². The molecule has 0 fully saturated rings. The van der Waals surface area contributed by atoms with Crippen LogP contribution in [0.4, 0.5) is 0 Å². The van der Waals surface area contributed by atoms with Crippen LogP contribution in [0, 0.1) is 11.3 Å². The number of rotatable bonds is 3. The number of benzene rings is 1. The number of carbonyl (C=O) groups is 1. The molecule has 1 amide bonds. The van der Waals surface area contributed by atoms with Gasteiger partial charge in [-0.1, -0.05) is 27.5 Å². The van der Waals surface area contributed by atoms with Crippen molar-refractivity contribution in [3.05, 3.63) is 33.3 Å². The average molecular weight is 302 g/mol. The summed E-state index contributed by atoms with van der Waals surface area (Å²) in [6, 6.07) is 6.85. The number of nitriles is 1. The lowest BCUT2D eigenvalue weighted by Gasteiger charge is -2.11. The maximum atomic E-state index is 11.7. The van der Waals surface area contributed by atoms with Gasteiger partial charge in [0.2, 0.25) is 0 Å². The topological polar surface area (TPSA) is 52.9 Å². The lowest BCUT2D eigenvalue weighted by atomic mass is 10.2.